The second kappa shape index (κ2) is 5.75. The Hall–Kier alpha value is -0.340. The first-order valence-electron chi connectivity index (χ1n) is 5.83. The molecule has 1 N–H and O–H groups in total. The highest BCUT2D eigenvalue weighted by molar-refractivity contribution is 7.88. The molecule has 0 aliphatic carbocycles. The summed E-state index contributed by atoms with van der Waals surface area (Å²) < 4.78 is 61.8. The minimum absolute atomic E-state index is 0.0774. The lowest BCUT2D eigenvalue weighted by molar-refractivity contribution is -0.159. The smallest absolute Gasteiger partial charge is 0.309 e. The molecule has 0 aromatic carbocycles. The van der Waals surface area contributed by atoms with Crippen LogP contribution in [0.25, 0.3) is 0 Å². The minimum atomic E-state index is -4.29. The first kappa shape index (κ1) is 15.7. The first-order chi connectivity index (χ1) is 8.14. The van der Waals surface area contributed by atoms with Gasteiger partial charge in [-0.25, -0.2) is 12.7 Å². The van der Waals surface area contributed by atoms with Gasteiger partial charge in [-0.3, -0.25) is 0 Å². The summed E-state index contributed by atoms with van der Waals surface area (Å²) in [4.78, 5) is 0. The molecule has 18 heavy (non-hydrogen) atoms. The van der Waals surface area contributed by atoms with Crippen LogP contribution in [0.3, 0.4) is 0 Å². The molecule has 0 bridgehead atoms. The molecule has 0 aromatic heterocycles. The average molecular weight is 288 g/mol. The second-order valence-corrected chi connectivity index (χ2v) is 6.73. The highest BCUT2D eigenvalue weighted by Crippen LogP contribution is 2.29. The van der Waals surface area contributed by atoms with Crippen LogP contribution in [0.4, 0.5) is 13.2 Å². The number of alkyl halides is 3. The number of hydrogen-bond donors (Lipinski definition) is 1. The number of nitrogens with one attached hydrogen (secondary N) is 1. The van der Waals surface area contributed by atoms with Crippen molar-refractivity contribution in [2.75, 3.05) is 26.4 Å². The lowest BCUT2D eigenvalue weighted by Crippen LogP contribution is -2.45. The zero-order chi connectivity index (χ0) is 14.0. The Labute approximate surface area is 106 Å². The third kappa shape index (κ3) is 4.40. The van der Waals surface area contributed by atoms with E-state index in [4.69, 9.17) is 0 Å². The second-order valence-electron chi connectivity index (χ2n) is 4.75. The van der Waals surface area contributed by atoms with E-state index in [1.54, 1.807) is 0 Å². The van der Waals surface area contributed by atoms with Gasteiger partial charge in [-0.05, 0) is 32.2 Å². The molecule has 1 rings (SSSR count). The van der Waals surface area contributed by atoms with Crippen LogP contribution in [0.15, 0.2) is 0 Å². The molecule has 1 heterocycles. The molecule has 0 radical (unpaired) electrons. The van der Waals surface area contributed by atoms with Crippen molar-refractivity contribution in [3.05, 3.63) is 0 Å². The van der Waals surface area contributed by atoms with Crippen molar-refractivity contribution in [3.8, 4) is 0 Å². The average Bonchev–Trinajstić information content (AvgIpc) is 2.23. The molecular formula is C10H19F3N2O2S. The third-order valence-corrected chi connectivity index (χ3v) is 4.53. The van der Waals surface area contributed by atoms with Crippen molar-refractivity contribution in [2.24, 2.45) is 5.92 Å². The standard InChI is InChI=1S/C10H19F3N2O2S/c1-14-9(10(11,12)13)6-8-4-3-5-15(7-8)18(2,16)17/h8-9,14H,3-7H2,1-2H3. The lowest BCUT2D eigenvalue weighted by atomic mass is 9.92. The molecule has 1 fully saturated rings. The SMILES string of the molecule is CNC(CC1CCCN(S(C)(=O)=O)C1)C(F)(F)F. The van der Waals surface area contributed by atoms with Crippen LogP contribution in [-0.2, 0) is 10.0 Å². The Morgan fingerprint density at radius 2 is 2.06 bits per heavy atom. The molecular weight excluding hydrogens is 269 g/mol. The van der Waals surface area contributed by atoms with Crippen LogP contribution in [-0.4, -0.2) is 51.3 Å². The fraction of sp³-hybridized carbons (Fsp3) is 1.00. The van der Waals surface area contributed by atoms with Gasteiger partial charge in [0, 0.05) is 13.1 Å². The van der Waals surface area contributed by atoms with E-state index in [2.05, 4.69) is 5.32 Å². The third-order valence-electron chi connectivity index (χ3n) is 3.26. The van der Waals surface area contributed by atoms with Crippen LogP contribution in [0.2, 0.25) is 0 Å². The molecule has 2 unspecified atom stereocenters. The molecule has 1 saturated heterocycles. The Bertz CT molecular complexity index is 370. The summed E-state index contributed by atoms with van der Waals surface area (Å²) in [5.41, 5.74) is 0. The number of piperidine rings is 1. The summed E-state index contributed by atoms with van der Waals surface area (Å²) in [6.45, 7) is 0.596. The minimum Gasteiger partial charge on any atom is -0.309 e. The van der Waals surface area contributed by atoms with Gasteiger partial charge in [0.25, 0.3) is 0 Å². The number of sulfonamides is 1. The summed E-state index contributed by atoms with van der Waals surface area (Å²) in [6.07, 6.45) is -2.02. The molecule has 1 aliphatic rings. The van der Waals surface area contributed by atoms with Gasteiger partial charge in [-0.15, -0.1) is 0 Å². The molecule has 1 aliphatic heterocycles. The number of rotatable bonds is 4. The lowest BCUT2D eigenvalue weighted by Gasteiger charge is -2.33. The van der Waals surface area contributed by atoms with E-state index >= 15 is 0 Å². The van der Waals surface area contributed by atoms with E-state index < -0.39 is 22.2 Å². The quantitative estimate of drug-likeness (QED) is 0.845. The normalized spacial score (nSPS) is 25.1. The predicted molar refractivity (Wildman–Crippen MR) is 62.7 cm³/mol. The van der Waals surface area contributed by atoms with Gasteiger partial charge < -0.3 is 5.32 Å². The molecule has 0 spiro atoms. The maximum Gasteiger partial charge on any atom is 0.403 e. The molecule has 2 atom stereocenters. The van der Waals surface area contributed by atoms with Gasteiger partial charge >= 0.3 is 6.18 Å². The Balaban J connectivity index is 2.63. The van der Waals surface area contributed by atoms with Crippen molar-refractivity contribution >= 4 is 10.0 Å². The van der Waals surface area contributed by atoms with Crippen LogP contribution in [0.5, 0.6) is 0 Å². The van der Waals surface area contributed by atoms with Crippen molar-refractivity contribution < 1.29 is 21.6 Å². The molecule has 8 heteroatoms. The van der Waals surface area contributed by atoms with Crippen molar-refractivity contribution in [1.82, 2.24) is 9.62 Å². The zero-order valence-electron chi connectivity index (χ0n) is 10.5. The summed E-state index contributed by atoms with van der Waals surface area (Å²) >= 11 is 0. The van der Waals surface area contributed by atoms with Crippen LogP contribution in [0.1, 0.15) is 19.3 Å². The maximum absolute atomic E-state index is 12.6. The van der Waals surface area contributed by atoms with Gasteiger partial charge in [-0.2, -0.15) is 13.2 Å². The van der Waals surface area contributed by atoms with Gasteiger partial charge in [0.1, 0.15) is 6.04 Å². The highest BCUT2D eigenvalue weighted by Gasteiger charge is 2.40. The summed E-state index contributed by atoms with van der Waals surface area (Å²) in [7, 11) is -2.03. The molecule has 0 amide bonds. The van der Waals surface area contributed by atoms with Crippen LogP contribution < -0.4 is 5.32 Å². The summed E-state index contributed by atoms with van der Waals surface area (Å²) in [5, 5.41) is 2.25. The maximum atomic E-state index is 12.6. The fourth-order valence-electron chi connectivity index (χ4n) is 2.27. The summed E-state index contributed by atoms with van der Waals surface area (Å²) in [5.74, 6) is -0.243. The van der Waals surface area contributed by atoms with Crippen LogP contribution >= 0.6 is 0 Å². The van der Waals surface area contributed by atoms with Crippen LogP contribution in [0, 0.1) is 5.92 Å². The largest absolute Gasteiger partial charge is 0.403 e. The topological polar surface area (TPSA) is 49.4 Å². The van der Waals surface area contributed by atoms with E-state index in [9.17, 15) is 21.6 Å². The van der Waals surface area contributed by atoms with Gasteiger partial charge in [0.15, 0.2) is 0 Å². The fourth-order valence-corrected chi connectivity index (χ4v) is 3.21. The molecule has 0 aromatic rings. The zero-order valence-corrected chi connectivity index (χ0v) is 11.3. The molecule has 108 valence electrons. The summed E-state index contributed by atoms with van der Waals surface area (Å²) in [6, 6.07) is -1.57. The van der Waals surface area contributed by atoms with E-state index in [0.717, 1.165) is 6.26 Å². The first-order valence-corrected chi connectivity index (χ1v) is 7.68. The Kier molecular flexibility index (Phi) is 5.02. The highest BCUT2D eigenvalue weighted by atomic mass is 32.2. The molecule has 0 saturated carbocycles. The Morgan fingerprint density at radius 3 is 2.50 bits per heavy atom. The van der Waals surface area contributed by atoms with Crippen molar-refractivity contribution in [3.63, 3.8) is 0 Å². The van der Waals surface area contributed by atoms with Gasteiger partial charge in [0.05, 0.1) is 6.26 Å². The van der Waals surface area contributed by atoms with Crippen molar-refractivity contribution in [2.45, 2.75) is 31.5 Å². The van der Waals surface area contributed by atoms with Crippen molar-refractivity contribution in [1.29, 1.82) is 0 Å². The van der Waals surface area contributed by atoms with E-state index in [0.29, 0.717) is 19.4 Å². The van der Waals surface area contributed by atoms with E-state index in [-0.39, 0.29) is 18.9 Å². The molecule has 4 nitrogen and oxygen atoms in total. The Morgan fingerprint density at radius 1 is 1.44 bits per heavy atom. The monoisotopic (exact) mass is 288 g/mol. The number of hydrogen-bond acceptors (Lipinski definition) is 3. The van der Waals surface area contributed by atoms with E-state index in [1.807, 2.05) is 0 Å². The van der Waals surface area contributed by atoms with E-state index in [1.165, 1.54) is 11.4 Å². The van der Waals surface area contributed by atoms with Gasteiger partial charge in [-0.1, -0.05) is 0 Å². The predicted octanol–water partition coefficient (Wildman–Crippen LogP) is 1.20. The van der Waals surface area contributed by atoms with Gasteiger partial charge in [0.2, 0.25) is 10.0 Å². The number of nitrogens with zero attached hydrogens (tertiary/aromatic N) is 1. The number of halogens is 3.